The van der Waals surface area contributed by atoms with E-state index in [1.807, 2.05) is 30.1 Å². The number of likely N-dealkylation sites (tertiary alicyclic amines) is 1. The maximum atomic E-state index is 12.8. The van der Waals surface area contributed by atoms with Crippen molar-refractivity contribution in [3.05, 3.63) is 35.9 Å². The van der Waals surface area contributed by atoms with Crippen molar-refractivity contribution < 1.29 is 4.79 Å². The Hall–Kier alpha value is -1.35. The predicted octanol–water partition coefficient (Wildman–Crippen LogP) is 3.30. The molecule has 0 radical (unpaired) electrons. The van der Waals surface area contributed by atoms with E-state index in [4.69, 9.17) is 0 Å². The van der Waals surface area contributed by atoms with Gasteiger partial charge in [0.1, 0.15) is 0 Å². The molecule has 0 aromatic heterocycles. The smallest absolute Gasteiger partial charge is 0.239 e. The van der Waals surface area contributed by atoms with Gasteiger partial charge in [-0.1, -0.05) is 36.8 Å². The molecule has 1 aliphatic heterocycles. The maximum absolute atomic E-state index is 12.8. The Morgan fingerprint density at radius 2 is 1.90 bits per heavy atom. The van der Waals surface area contributed by atoms with Gasteiger partial charge in [0.15, 0.2) is 0 Å². The summed E-state index contributed by atoms with van der Waals surface area (Å²) in [6.07, 6.45) is 3.33. The Kier molecular flexibility index (Phi) is 5.04. The molecular formula is C18H28N2O. The number of hydrogen-bond donors (Lipinski definition) is 0. The lowest BCUT2D eigenvalue weighted by Gasteiger charge is -2.44. The van der Waals surface area contributed by atoms with Crippen LogP contribution >= 0.6 is 0 Å². The first-order valence-corrected chi connectivity index (χ1v) is 7.95. The SMILES string of the molecule is CN(Cc1ccccc1)C(=O)C1CCCCN1C(C)(C)C. The topological polar surface area (TPSA) is 23.6 Å². The first-order valence-electron chi connectivity index (χ1n) is 7.95. The summed E-state index contributed by atoms with van der Waals surface area (Å²) in [5, 5.41) is 0. The van der Waals surface area contributed by atoms with Gasteiger partial charge in [0.25, 0.3) is 0 Å². The third kappa shape index (κ3) is 4.07. The summed E-state index contributed by atoms with van der Waals surface area (Å²) < 4.78 is 0. The number of hydrogen-bond acceptors (Lipinski definition) is 2. The molecule has 1 atom stereocenters. The van der Waals surface area contributed by atoms with Gasteiger partial charge in [-0.3, -0.25) is 9.69 Å². The lowest BCUT2D eigenvalue weighted by atomic mass is 9.94. The molecule has 2 rings (SSSR count). The second kappa shape index (κ2) is 6.61. The van der Waals surface area contributed by atoms with E-state index in [0.29, 0.717) is 6.54 Å². The highest BCUT2D eigenvalue weighted by Crippen LogP contribution is 2.26. The number of carbonyl (C=O) groups is 1. The average Bonchev–Trinajstić information content (AvgIpc) is 2.46. The van der Waals surface area contributed by atoms with Gasteiger partial charge in [0.2, 0.25) is 5.91 Å². The zero-order valence-corrected chi connectivity index (χ0v) is 13.8. The zero-order chi connectivity index (χ0) is 15.5. The van der Waals surface area contributed by atoms with Crippen LogP contribution in [-0.4, -0.2) is 40.9 Å². The largest absolute Gasteiger partial charge is 0.340 e. The number of amides is 1. The summed E-state index contributed by atoms with van der Waals surface area (Å²) in [5.74, 6) is 0.258. The molecule has 1 heterocycles. The Morgan fingerprint density at radius 1 is 1.24 bits per heavy atom. The van der Waals surface area contributed by atoms with Gasteiger partial charge in [0, 0.05) is 19.1 Å². The summed E-state index contributed by atoms with van der Waals surface area (Å²) in [7, 11) is 1.92. The highest BCUT2D eigenvalue weighted by molar-refractivity contribution is 5.81. The van der Waals surface area contributed by atoms with Gasteiger partial charge in [-0.05, 0) is 45.7 Å². The molecule has 0 aliphatic carbocycles. The number of benzene rings is 1. The third-order valence-electron chi connectivity index (χ3n) is 4.29. The van der Waals surface area contributed by atoms with Gasteiger partial charge in [-0.25, -0.2) is 0 Å². The molecule has 1 saturated heterocycles. The van der Waals surface area contributed by atoms with E-state index < -0.39 is 0 Å². The van der Waals surface area contributed by atoms with E-state index in [9.17, 15) is 4.79 Å². The van der Waals surface area contributed by atoms with Crippen LogP contribution in [0.1, 0.15) is 45.6 Å². The van der Waals surface area contributed by atoms with Crippen molar-refractivity contribution >= 4 is 5.91 Å². The van der Waals surface area contributed by atoms with Gasteiger partial charge < -0.3 is 4.90 Å². The van der Waals surface area contributed by atoms with E-state index in [1.165, 1.54) is 12.0 Å². The molecule has 0 bridgehead atoms. The van der Waals surface area contributed by atoms with Crippen LogP contribution in [0.5, 0.6) is 0 Å². The molecule has 3 nitrogen and oxygen atoms in total. The Labute approximate surface area is 128 Å². The molecule has 0 N–H and O–H groups in total. The van der Waals surface area contributed by atoms with Crippen LogP contribution in [0, 0.1) is 0 Å². The van der Waals surface area contributed by atoms with Crippen LogP contribution in [0.4, 0.5) is 0 Å². The van der Waals surface area contributed by atoms with E-state index in [-0.39, 0.29) is 17.5 Å². The van der Waals surface area contributed by atoms with E-state index in [2.05, 4.69) is 37.8 Å². The van der Waals surface area contributed by atoms with Crippen molar-refractivity contribution in [1.82, 2.24) is 9.80 Å². The average molecular weight is 288 g/mol. The van der Waals surface area contributed by atoms with Crippen LogP contribution in [-0.2, 0) is 11.3 Å². The quantitative estimate of drug-likeness (QED) is 0.852. The molecule has 1 unspecified atom stereocenters. The predicted molar refractivity (Wildman–Crippen MR) is 87.0 cm³/mol. The molecule has 1 aromatic rings. The molecule has 1 amide bonds. The molecule has 0 spiro atoms. The summed E-state index contributed by atoms with van der Waals surface area (Å²) in [5.41, 5.74) is 1.24. The summed E-state index contributed by atoms with van der Waals surface area (Å²) in [6, 6.07) is 10.2. The third-order valence-corrected chi connectivity index (χ3v) is 4.29. The molecule has 0 saturated carbocycles. The van der Waals surface area contributed by atoms with E-state index in [1.54, 1.807) is 0 Å². The van der Waals surface area contributed by atoms with Crippen molar-refractivity contribution in [3.8, 4) is 0 Å². The Bertz CT molecular complexity index is 464. The van der Waals surface area contributed by atoms with E-state index in [0.717, 1.165) is 19.4 Å². The Balaban J connectivity index is 2.06. The molecule has 3 heteroatoms. The number of carbonyl (C=O) groups excluding carboxylic acids is 1. The van der Waals surface area contributed by atoms with Gasteiger partial charge >= 0.3 is 0 Å². The standard InChI is InChI=1S/C18H28N2O/c1-18(2,3)20-13-9-8-12-16(20)17(21)19(4)14-15-10-6-5-7-11-15/h5-7,10-11,16H,8-9,12-14H2,1-4H3. The molecule has 1 aliphatic rings. The Morgan fingerprint density at radius 3 is 2.52 bits per heavy atom. The van der Waals surface area contributed by atoms with Crippen molar-refractivity contribution in [2.45, 2.75) is 58.2 Å². The van der Waals surface area contributed by atoms with Crippen molar-refractivity contribution in [2.24, 2.45) is 0 Å². The zero-order valence-electron chi connectivity index (χ0n) is 13.8. The lowest BCUT2D eigenvalue weighted by molar-refractivity contribution is -0.140. The number of likely N-dealkylation sites (N-methyl/N-ethyl adjacent to an activating group) is 1. The normalized spacial score (nSPS) is 20.3. The molecule has 116 valence electrons. The van der Waals surface area contributed by atoms with Gasteiger partial charge in [0.05, 0.1) is 6.04 Å². The van der Waals surface area contributed by atoms with Gasteiger partial charge in [-0.2, -0.15) is 0 Å². The van der Waals surface area contributed by atoms with E-state index >= 15 is 0 Å². The molecule has 1 fully saturated rings. The first kappa shape index (κ1) is 16.0. The fraction of sp³-hybridized carbons (Fsp3) is 0.611. The summed E-state index contributed by atoms with van der Waals surface area (Å²) in [6.45, 7) is 8.33. The minimum absolute atomic E-state index is 0.0347. The van der Waals surface area contributed by atoms with Crippen molar-refractivity contribution in [2.75, 3.05) is 13.6 Å². The van der Waals surface area contributed by atoms with Crippen molar-refractivity contribution in [1.29, 1.82) is 0 Å². The first-order chi connectivity index (χ1) is 9.89. The minimum atomic E-state index is 0.0347. The van der Waals surface area contributed by atoms with Crippen LogP contribution in [0.2, 0.25) is 0 Å². The van der Waals surface area contributed by atoms with Crippen molar-refractivity contribution in [3.63, 3.8) is 0 Å². The molecule has 1 aromatic carbocycles. The van der Waals surface area contributed by atoms with Crippen LogP contribution in [0.15, 0.2) is 30.3 Å². The second-order valence-corrected chi connectivity index (χ2v) is 7.06. The van der Waals surface area contributed by atoms with Crippen LogP contribution in [0.25, 0.3) is 0 Å². The fourth-order valence-electron chi connectivity index (χ4n) is 3.18. The minimum Gasteiger partial charge on any atom is -0.340 e. The van der Waals surface area contributed by atoms with Crippen LogP contribution in [0.3, 0.4) is 0 Å². The second-order valence-electron chi connectivity index (χ2n) is 7.06. The highest BCUT2D eigenvalue weighted by atomic mass is 16.2. The highest BCUT2D eigenvalue weighted by Gasteiger charge is 2.36. The fourth-order valence-corrected chi connectivity index (χ4v) is 3.18. The maximum Gasteiger partial charge on any atom is 0.239 e. The number of piperidine rings is 1. The number of nitrogens with zero attached hydrogens (tertiary/aromatic N) is 2. The monoisotopic (exact) mass is 288 g/mol. The summed E-state index contributed by atoms with van der Waals surface area (Å²) >= 11 is 0. The molecule has 21 heavy (non-hydrogen) atoms. The molecular weight excluding hydrogens is 260 g/mol. The van der Waals surface area contributed by atoms with Gasteiger partial charge in [-0.15, -0.1) is 0 Å². The summed E-state index contributed by atoms with van der Waals surface area (Å²) in [4.78, 5) is 17.1. The number of rotatable bonds is 3. The van der Waals surface area contributed by atoms with Crippen LogP contribution < -0.4 is 0 Å². The lowest BCUT2D eigenvalue weighted by Crippen LogP contribution is -2.56.